The van der Waals surface area contributed by atoms with Gasteiger partial charge < -0.3 is 9.84 Å². The predicted octanol–water partition coefficient (Wildman–Crippen LogP) is 2.28. The van der Waals surface area contributed by atoms with E-state index in [0.29, 0.717) is 0 Å². The summed E-state index contributed by atoms with van der Waals surface area (Å²) in [6.07, 6.45) is 5.44. The van der Waals surface area contributed by atoms with Gasteiger partial charge in [0.05, 0.1) is 12.7 Å². The number of hydrogen-bond acceptors (Lipinski definition) is 3. The Hall–Kier alpha value is -0.120. The third kappa shape index (κ3) is 5.84. The Morgan fingerprint density at radius 3 is 2.59 bits per heavy atom. The maximum Gasteiger partial charge on any atom is 0.0695 e. The first-order chi connectivity index (χ1) is 8.19. The van der Waals surface area contributed by atoms with E-state index >= 15 is 0 Å². The van der Waals surface area contributed by atoms with E-state index in [1.54, 1.807) is 0 Å². The minimum atomic E-state index is -0.196. The number of rotatable bonds is 10. The van der Waals surface area contributed by atoms with Crippen LogP contribution in [0, 0.1) is 5.92 Å². The summed E-state index contributed by atoms with van der Waals surface area (Å²) in [7, 11) is 2.09. The molecule has 0 bridgehead atoms. The summed E-state index contributed by atoms with van der Waals surface area (Å²) in [5, 5.41) is 10.1. The first kappa shape index (κ1) is 14.9. The van der Waals surface area contributed by atoms with Crippen LogP contribution in [0.1, 0.15) is 46.0 Å². The van der Waals surface area contributed by atoms with E-state index in [9.17, 15) is 5.11 Å². The Balaban J connectivity index is 2.14. The number of ether oxygens (including phenoxy) is 1. The minimum absolute atomic E-state index is 0.196. The molecule has 0 amide bonds. The molecule has 0 aromatic rings. The van der Waals surface area contributed by atoms with E-state index in [-0.39, 0.29) is 12.1 Å². The maximum absolute atomic E-state index is 10.1. The molecule has 0 heterocycles. The highest BCUT2D eigenvalue weighted by Crippen LogP contribution is 2.28. The van der Waals surface area contributed by atoms with Gasteiger partial charge in [-0.3, -0.25) is 4.90 Å². The molecular formula is C14H29NO2. The maximum atomic E-state index is 10.1. The highest BCUT2D eigenvalue weighted by atomic mass is 16.5. The van der Waals surface area contributed by atoms with Crippen LogP contribution < -0.4 is 0 Å². The van der Waals surface area contributed by atoms with Crippen molar-refractivity contribution in [3.8, 4) is 0 Å². The number of aliphatic hydroxyl groups is 1. The Labute approximate surface area is 106 Å². The molecule has 102 valence electrons. The Kier molecular flexibility index (Phi) is 7.09. The second-order valence-electron chi connectivity index (χ2n) is 5.33. The summed E-state index contributed by atoms with van der Waals surface area (Å²) in [5.41, 5.74) is 0. The van der Waals surface area contributed by atoms with E-state index in [2.05, 4.69) is 25.8 Å². The standard InChI is InChI=1S/C14H29NO2/c1-4-6-14(16)13(5-2)15(3)9-10-17-11-12-7-8-12/h12-14,16H,4-11H2,1-3H3. The Morgan fingerprint density at radius 1 is 1.35 bits per heavy atom. The normalized spacial score (nSPS) is 19.6. The van der Waals surface area contributed by atoms with Gasteiger partial charge in [-0.2, -0.15) is 0 Å². The predicted molar refractivity (Wildman–Crippen MR) is 71.2 cm³/mol. The van der Waals surface area contributed by atoms with Crippen LogP contribution in [0.5, 0.6) is 0 Å². The van der Waals surface area contributed by atoms with Crippen molar-refractivity contribution in [3.63, 3.8) is 0 Å². The molecule has 0 spiro atoms. The van der Waals surface area contributed by atoms with Crippen molar-refractivity contribution >= 4 is 0 Å². The third-order valence-electron chi connectivity index (χ3n) is 3.65. The van der Waals surface area contributed by atoms with Gasteiger partial charge in [-0.25, -0.2) is 0 Å². The summed E-state index contributed by atoms with van der Waals surface area (Å²) in [4.78, 5) is 2.24. The molecule has 0 aromatic heterocycles. The molecule has 3 heteroatoms. The number of nitrogens with zero attached hydrogens (tertiary/aromatic N) is 1. The van der Waals surface area contributed by atoms with Crippen molar-refractivity contribution in [2.75, 3.05) is 26.8 Å². The topological polar surface area (TPSA) is 32.7 Å². The quantitative estimate of drug-likeness (QED) is 0.598. The van der Waals surface area contributed by atoms with Crippen LogP contribution in [0.2, 0.25) is 0 Å². The molecule has 1 aliphatic rings. The fraction of sp³-hybridized carbons (Fsp3) is 1.00. The lowest BCUT2D eigenvalue weighted by Crippen LogP contribution is -2.42. The molecule has 1 rings (SSSR count). The first-order valence-corrected chi connectivity index (χ1v) is 7.15. The molecule has 1 fully saturated rings. The summed E-state index contributed by atoms with van der Waals surface area (Å²) < 4.78 is 5.64. The lowest BCUT2D eigenvalue weighted by atomic mass is 10.0. The van der Waals surface area contributed by atoms with Crippen LogP contribution in [-0.4, -0.2) is 49.0 Å². The average Bonchev–Trinajstić information content (AvgIpc) is 3.09. The molecule has 0 aromatic carbocycles. The second-order valence-corrected chi connectivity index (χ2v) is 5.33. The van der Waals surface area contributed by atoms with Crippen molar-refractivity contribution in [1.82, 2.24) is 4.90 Å². The molecule has 1 saturated carbocycles. The van der Waals surface area contributed by atoms with Gasteiger partial charge in [-0.15, -0.1) is 0 Å². The van der Waals surface area contributed by atoms with Gasteiger partial charge in [0.2, 0.25) is 0 Å². The molecule has 0 aliphatic heterocycles. The molecule has 1 N–H and O–H groups in total. The molecule has 3 nitrogen and oxygen atoms in total. The van der Waals surface area contributed by atoms with Crippen LogP contribution in [0.25, 0.3) is 0 Å². The van der Waals surface area contributed by atoms with Crippen LogP contribution in [-0.2, 0) is 4.74 Å². The monoisotopic (exact) mass is 243 g/mol. The van der Waals surface area contributed by atoms with Crippen LogP contribution in [0.3, 0.4) is 0 Å². The smallest absolute Gasteiger partial charge is 0.0695 e. The lowest BCUT2D eigenvalue weighted by Gasteiger charge is -2.31. The first-order valence-electron chi connectivity index (χ1n) is 7.15. The molecule has 2 atom stereocenters. The summed E-state index contributed by atoms with van der Waals surface area (Å²) in [5.74, 6) is 0.841. The van der Waals surface area contributed by atoms with Crippen molar-refractivity contribution in [2.24, 2.45) is 5.92 Å². The molecule has 2 unspecified atom stereocenters. The van der Waals surface area contributed by atoms with Crippen molar-refractivity contribution in [3.05, 3.63) is 0 Å². The van der Waals surface area contributed by atoms with Gasteiger partial charge in [0.15, 0.2) is 0 Å². The van der Waals surface area contributed by atoms with Gasteiger partial charge in [0.25, 0.3) is 0 Å². The Morgan fingerprint density at radius 2 is 2.06 bits per heavy atom. The molecule has 1 aliphatic carbocycles. The summed E-state index contributed by atoms with van der Waals surface area (Å²) >= 11 is 0. The average molecular weight is 243 g/mol. The number of hydrogen-bond donors (Lipinski definition) is 1. The van der Waals surface area contributed by atoms with Crippen LogP contribution in [0.4, 0.5) is 0 Å². The Bertz CT molecular complexity index is 195. The largest absolute Gasteiger partial charge is 0.391 e. The van der Waals surface area contributed by atoms with Gasteiger partial charge in [-0.05, 0) is 38.6 Å². The molecule has 0 radical (unpaired) electrons. The highest BCUT2D eigenvalue weighted by molar-refractivity contribution is 4.76. The SMILES string of the molecule is CCCC(O)C(CC)N(C)CCOCC1CC1. The number of aliphatic hydroxyl groups excluding tert-OH is 1. The molecular weight excluding hydrogens is 214 g/mol. The van der Waals surface area contributed by atoms with E-state index in [1.165, 1.54) is 12.8 Å². The fourth-order valence-electron chi connectivity index (χ4n) is 2.27. The van der Waals surface area contributed by atoms with Crippen LogP contribution in [0.15, 0.2) is 0 Å². The van der Waals surface area contributed by atoms with Crippen molar-refractivity contribution in [1.29, 1.82) is 0 Å². The van der Waals surface area contributed by atoms with Gasteiger partial charge in [0.1, 0.15) is 0 Å². The van der Waals surface area contributed by atoms with Gasteiger partial charge in [-0.1, -0.05) is 20.3 Å². The van der Waals surface area contributed by atoms with Crippen LogP contribution >= 0.6 is 0 Å². The van der Waals surface area contributed by atoms with Gasteiger partial charge >= 0.3 is 0 Å². The molecule has 17 heavy (non-hydrogen) atoms. The van der Waals surface area contributed by atoms with E-state index in [4.69, 9.17) is 4.74 Å². The zero-order valence-corrected chi connectivity index (χ0v) is 11.7. The van der Waals surface area contributed by atoms with Gasteiger partial charge in [0, 0.05) is 19.2 Å². The number of likely N-dealkylation sites (N-methyl/N-ethyl adjacent to an activating group) is 1. The molecule has 0 saturated heterocycles. The second kappa shape index (κ2) is 8.06. The van der Waals surface area contributed by atoms with E-state index in [0.717, 1.165) is 44.9 Å². The lowest BCUT2D eigenvalue weighted by molar-refractivity contribution is 0.0323. The van der Waals surface area contributed by atoms with Crippen molar-refractivity contribution in [2.45, 2.75) is 58.1 Å². The fourth-order valence-corrected chi connectivity index (χ4v) is 2.27. The van der Waals surface area contributed by atoms with E-state index < -0.39 is 0 Å². The zero-order valence-electron chi connectivity index (χ0n) is 11.7. The zero-order chi connectivity index (χ0) is 12.7. The minimum Gasteiger partial charge on any atom is -0.391 e. The third-order valence-corrected chi connectivity index (χ3v) is 3.65. The van der Waals surface area contributed by atoms with E-state index in [1.807, 2.05) is 0 Å². The van der Waals surface area contributed by atoms with Crippen molar-refractivity contribution < 1.29 is 9.84 Å². The highest BCUT2D eigenvalue weighted by Gasteiger charge is 2.22. The summed E-state index contributed by atoms with van der Waals surface area (Å²) in [6, 6.07) is 0.277. The summed E-state index contributed by atoms with van der Waals surface area (Å²) in [6.45, 7) is 6.91.